The van der Waals surface area contributed by atoms with Gasteiger partial charge in [-0.05, 0) is 6.42 Å². The number of hydrogen-bond donors (Lipinski definition) is 2. The molecule has 1 atom stereocenters. The first-order valence-corrected chi connectivity index (χ1v) is 5.20. The van der Waals surface area contributed by atoms with Crippen LogP contribution < -0.4 is 0 Å². The molecule has 0 aromatic rings. The first-order valence-electron chi connectivity index (χ1n) is 5.20. The third kappa shape index (κ3) is 4.17. The van der Waals surface area contributed by atoms with Crippen LogP contribution in [0.2, 0.25) is 0 Å². The number of hydrogen-bond acceptors (Lipinski definition) is 4. The van der Waals surface area contributed by atoms with Crippen molar-refractivity contribution in [2.45, 2.75) is 45.0 Å². The highest BCUT2D eigenvalue weighted by molar-refractivity contribution is 5.82. The molecule has 1 fully saturated rings. The summed E-state index contributed by atoms with van der Waals surface area (Å²) in [5.74, 6) is 0. The van der Waals surface area contributed by atoms with Crippen molar-refractivity contribution < 1.29 is 14.6 Å². The molecule has 1 rings (SSSR count). The highest BCUT2D eigenvalue weighted by Crippen LogP contribution is 2.11. The van der Waals surface area contributed by atoms with Crippen molar-refractivity contribution >= 4 is 5.71 Å². The predicted octanol–water partition coefficient (Wildman–Crippen LogP) is 1.32. The molecule has 1 aliphatic rings. The third-order valence-corrected chi connectivity index (χ3v) is 2.21. The van der Waals surface area contributed by atoms with E-state index in [-0.39, 0.29) is 12.4 Å². The van der Waals surface area contributed by atoms with Crippen molar-refractivity contribution in [2.75, 3.05) is 13.2 Å². The lowest BCUT2D eigenvalue weighted by atomic mass is 10.1. The van der Waals surface area contributed by atoms with Gasteiger partial charge in [-0.15, -0.1) is 0 Å². The van der Waals surface area contributed by atoms with E-state index in [4.69, 9.17) is 14.9 Å². The Morgan fingerprint density at radius 1 is 1.50 bits per heavy atom. The minimum Gasteiger partial charge on any atom is -0.393 e. The highest BCUT2D eigenvalue weighted by Gasteiger charge is 2.18. The Morgan fingerprint density at radius 2 is 2.14 bits per heavy atom. The van der Waals surface area contributed by atoms with Crippen molar-refractivity contribution in [2.24, 2.45) is 0 Å². The summed E-state index contributed by atoms with van der Waals surface area (Å²) in [6.07, 6.45) is 2.00. The van der Waals surface area contributed by atoms with Crippen LogP contribution in [0.1, 0.15) is 32.6 Å². The molecule has 82 valence electrons. The average Bonchev–Trinajstić information content (AvgIpc) is 2.56. The van der Waals surface area contributed by atoms with E-state index in [0.717, 1.165) is 12.8 Å². The van der Waals surface area contributed by atoms with E-state index in [9.17, 15) is 5.11 Å². The standard InChI is InChI=1S/C10H19NO3/c1-2-3-9(12)6-8(11)7-10-13-4-5-14-10/h9-12H,2-7H2,1H3. The molecule has 0 saturated carbocycles. The van der Waals surface area contributed by atoms with Crippen molar-refractivity contribution in [3.05, 3.63) is 0 Å². The van der Waals surface area contributed by atoms with Crippen molar-refractivity contribution in [1.29, 1.82) is 5.41 Å². The lowest BCUT2D eigenvalue weighted by Gasteiger charge is -2.13. The second-order valence-corrected chi connectivity index (χ2v) is 3.63. The molecule has 0 bridgehead atoms. The van der Waals surface area contributed by atoms with Gasteiger partial charge in [-0.1, -0.05) is 13.3 Å². The van der Waals surface area contributed by atoms with Crippen LogP contribution in [0.15, 0.2) is 0 Å². The maximum atomic E-state index is 9.47. The number of rotatable bonds is 6. The summed E-state index contributed by atoms with van der Waals surface area (Å²) in [5, 5.41) is 17.1. The molecule has 1 heterocycles. The van der Waals surface area contributed by atoms with Gasteiger partial charge in [0.15, 0.2) is 6.29 Å². The Labute approximate surface area is 84.7 Å². The molecule has 4 heteroatoms. The summed E-state index contributed by atoms with van der Waals surface area (Å²) in [7, 11) is 0. The summed E-state index contributed by atoms with van der Waals surface area (Å²) in [6.45, 7) is 3.26. The van der Waals surface area contributed by atoms with Gasteiger partial charge in [0.1, 0.15) is 0 Å². The quantitative estimate of drug-likeness (QED) is 0.637. The van der Waals surface area contributed by atoms with Gasteiger partial charge in [-0.3, -0.25) is 0 Å². The molecule has 0 aromatic heterocycles. The summed E-state index contributed by atoms with van der Waals surface area (Å²) < 4.78 is 10.4. The molecular weight excluding hydrogens is 182 g/mol. The maximum Gasteiger partial charge on any atom is 0.162 e. The first-order chi connectivity index (χ1) is 6.72. The van der Waals surface area contributed by atoms with Gasteiger partial charge in [0.25, 0.3) is 0 Å². The molecule has 0 aliphatic carbocycles. The zero-order valence-corrected chi connectivity index (χ0v) is 8.66. The van der Waals surface area contributed by atoms with E-state index in [0.29, 0.717) is 31.8 Å². The second-order valence-electron chi connectivity index (χ2n) is 3.63. The Kier molecular flexibility index (Phi) is 5.07. The molecule has 0 aromatic carbocycles. The van der Waals surface area contributed by atoms with Gasteiger partial charge in [-0.25, -0.2) is 0 Å². The number of aliphatic hydroxyl groups is 1. The zero-order chi connectivity index (χ0) is 10.4. The fraction of sp³-hybridized carbons (Fsp3) is 0.900. The van der Waals surface area contributed by atoms with Crippen molar-refractivity contribution in [3.8, 4) is 0 Å². The van der Waals surface area contributed by atoms with Crippen molar-refractivity contribution in [1.82, 2.24) is 0 Å². The summed E-state index contributed by atoms with van der Waals surface area (Å²) in [5.41, 5.74) is 0.512. The Balaban J connectivity index is 2.14. The normalized spacial score (nSPS) is 19.9. The van der Waals surface area contributed by atoms with Crippen LogP contribution >= 0.6 is 0 Å². The minimum absolute atomic E-state index is 0.253. The highest BCUT2D eigenvalue weighted by atomic mass is 16.7. The molecule has 1 unspecified atom stereocenters. The average molecular weight is 201 g/mol. The Hall–Kier alpha value is -0.450. The fourth-order valence-corrected chi connectivity index (χ4v) is 1.53. The first kappa shape index (κ1) is 11.6. The third-order valence-electron chi connectivity index (χ3n) is 2.21. The molecule has 1 saturated heterocycles. The van der Waals surface area contributed by atoms with E-state index in [1.54, 1.807) is 0 Å². The van der Waals surface area contributed by atoms with Gasteiger partial charge < -0.3 is 20.0 Å². The maximum absolute atomic E-state index is 9.47. The monoisotopic (exact) mass is 201 g/mol. The second kappa shape index (κ2) is 6.11. The number of aliphatic hydroxyl groups excluding tert-OH is 1. The van der Waals surface area contributed by atoms with Crippen LogP contribution in [0.3, 0.4) is 0 Å². The molecule has 0 spiro atoms. The van der Waals surface area contributed by atoms with Gasteiger partial charge >= 0.3 is 0 Å². The van der Waals surface area contributed by atoms with E-state index >= 15 is 0 Å². The van der Waals surface area contributed by atoms with Crippen LogP contribution in [0, 0.1) is 5.41 Å². The van der Waals surface area contributed by atoms with Crippen LogP contribution in [-0.2, 0) is 9.47 Å². The van der Waals surface area contributed by atoms with Gasteiger partial charge in [0.2, 0.25) is 0 Å². The SMILES string of the molecule is CCCC(O)CC(=N)CC1OCCO1. The van der Waals surface area contributed by atoms with Crippen LogP contribution in [-0.4, -0.2) is 36.4 Å². The molecule has 2 N–H and O–H groups in total. The minimum atomic E-state index is -0.381. The predicted molar refractivity (Wildman–Crippen MR) is 53.6 cm³/mol. The summed E-state index contributed by atoms with van der Waals surface area (Å²) >= 11 is 0. The van der Waals surface area contributed by atoms with E-state index in [1.807, 2.05) is 6.92 Å². The Bertz CT molecular complexity index is 178. The van der Waals surface area contributed by atoms with E-state index in [1.165, 1.54) is 0 Å². The largest absolute Gasteiger partial charge is 0.393 e. The molecule has 14 heavy (non-hydrogen) atoms. The smallest absolute Gasteiger partial charge is 0.162 e. The lowest BCUT2D eigenvalue weighted by Crippen LogP contribution is -2.18. The summed E-state index contributed by atoms with van der Waals surface area (Å²) in [6, 6.07) is 0. The molecular formula is C10H19NO3. The Morgan fingerprint density at radius 3 is 2.71 bits per heavy atom. The van der Waals surface area contributed by atoms with Crippen molar-refractivity contribution in [3.63, 3.8) is 0 Å². The van der Waals surface area contributed by atoms with Crippen LogP contribution in [0.25, 0.3) is 0 Å². The number of nitrogens with one attached hydrogen (secondary N) is 1. The molecule has 1 aliphatic heterocycles. The molecule has 0 amide bonds. The fourth-order valence-electron chi connectivity index (χ4n) is 1.53. The van der Waals surface area contributed by atoms with Gasteiger partial charge in [0, 0.05) is 18.6 Å². The zero-order valence-electron chi connectivity index (χ0n) is 8.66. The lowest BCUT2D eigenvalue weighted by molar-refractivity contribution is -0.0354. The van der Waals surface area contributed by atoms with Crippen LogP contribution in [0.4, 0.5) is 0 Å². The topological polar surface area (TPSA) is 62.5 Å². The van der Waals surface area contributed by atoms with Gasteiger partial charge in [0.05, 0.1) is 19.3 Å². The summed E-state index contributed by atoms with van der Waals surface area (Å²) in [4.78, 5) is 0. The van der Waals surface area contributed by atoms with Gasteiger partial charge in [-0.2, -0.15) is 0 Å². The van der Waals surface area contributed by atoms with E-state index < -0.39 is 0 Å². The molecule has 4 nitrogen and oxygen atoms in total. The number of ether oxygens (including phenoxy) is 2. The molecule has 0 radical (unpaired) electrons. The van der Waals surface area contributed by atoms with E-state index in [2.05, 4.69) is 0 Å². The van der Waals surface area contributed by atoms with Crippen LogP contribution in [0.5, 0.6) is 0 Å².